The maximum atomic E-state index is 13.4. The summed E-state index contributed by atoms with van der Waals surface area (Å²) < 4.78 is 0. The van der Waals surface area contributed by atoms with E-state index < -0.39 is 5.78 Å². The van der Waals surface area contributed by atoms with Crippen molar-refractivity contribution in [1.82, 2.24) is 10.2 Å². The van der Waals surface area contributed by atoms with E-state index in [4.69, 9.17) is 0 Å². The van der Waals surface area contributed by atoms with Crippen LogP contribution in [0.1, 0.15) is 52.4 Å². The molecule has 33 heavy (non-hydrogen) atoms. The Hall–Kier alpha value is -3.50. The van der Waals surface area contributed by atoms with Crippen LogP contribution in [0.2, 0.25) is 0 Å². The SMILES string of the molecule is O=C1C(=O)c2ccccc2C(NC(c2ccccc2)c2ccccc2)=C1CN1CCCCC1. The Morgan fingerprint density at radius 3 is 1.82 bits per heavy atom. The van der Waals surface area contributed by atoms with E-state index in [9.17, 15) is 9.59 Å². The van der Waals surface area contributed by atoms with E-state index in [0.29, 0.717) is 17.7 Å². The van der Waals surface area contributed by atoms with Crippen LogP contribution < -0.4 is 5.32 Å². The minimum atomic E-state index is -0.404. The number of carbonyl (C=O) groups is 2. The van der Waals surface area contributed by atoms with E-state index in [0.717, 1.165) is 48.3 Å². The molecule has 0 aromatic heterocycles. The molecule has 0 saturated carbocycles. The van der Waals surface area contributed by atoms with Crippen molar-refractivity contribution in [2.45, 2.75) is 25.3 Å². The lowest BCUT2D eigenvalue weighted by Crippen LogP contribution is -2.38. The molecule has 1 N–H and O–H groups in total. The number of likely N-dealkylation sites (tertiary alicyclic amines) is 1. The second-order valence-corrected chi connectivity index (χ2v) is 8.79. The topological polar surface area (TPSA) is 49.4 Å². The average molecular weight is 437 g/mol. The number of Topliss-reactive ketones (excluding diaryl/α,β-unsaturated/α-hetero) is 2. The zero-order valence-corrected chi connectivity index (χ0v) is 18.7. The van der Waals surface area contributed by atoms with Crippen LogP contribution >= 0.6 is 0 Å². The average Bonchev–Trinajstić information content (AvgIpc) is 2.88. The molecule has 0 bridgehead atoms. The molecule has 1 heterocycles. The number of piperidine rings is 1. The maximum Gasteiger partial charge on any atom is 0.233 e. The third kappa shape index (κ3) is 4.39. The van der Waals surface area contributed by atoms with Crippen LogP contribution in [0.25, 0.3) is 5.70 Å². The van der Waals surface area contributed by atoms with Gasteiger partial charge in [0.2, 0.25) is 11.6 Å². The van der Waals surface area contributed by atoms with E-state index in [1.807, 2.05) is 54.6 Å². The molecule has 3 aromatic rings. The molecule has 0 unspecified atom stereocenters. The predicted molar refractivity (Wildman–Crippen MR) is 131 cm³/mol. The molecule has 166 valence electrons. The number of hydrogen-bond donors (Lipinski definition) is 1. The van der Waals surface area contributed by atoms with Gasteiger partial charge in [-0.05, 0) is 37.1 Å². The molecule has 0 radical (unpaired) electrons. The monoisotopic (exact) mass is 436 g/mol. The third-order valence-electron chi connectivity index (χ3n) is 6.61. The summed E-state index contributed by atoms with van der Waals surface area (Å²) in [7, 11) is 0. The van der Waals surface area contributed by atoms with Crippen molar-refractivity contribution in [3.63, 3.8) is 0 Å². The molecule has 0 atom stereocenters. The summed E-state index contributed by atoms with van der Waals surface area (Å²) in [5.74, 6) is -0.791. The largest absolute Gasteiger partial charge is 0.373 e. The van der Waals surface area contributed by atoms with Crippen LogP contribution in [0.15, 0.2) is 90.5 Å². The Kier molecular flexibility index (Phi) is 6.18. The molecular formula is C29H28N2O2. The number of hydrogen-bond acceptors (Lipinski definition) is 4. The first-order chi connectivity index (χ1) is 16.2. The van der Waals surface area contributed by atoms with Gasteiger partial charge in [0.25, 0.3) is 0 Å². The number of fused-ring (bicyclic) bond motifs is 1. The molecular weight excluding hydrogens is 408 g/mol. The number of benzene rings is 3. The fraction of sp³-hybridized carbons (Fsp3) is 0.241. The number of ketones is 2. The number of nitrogens with zero attached hydrogens (tertiary/aromatic N) is 1. The van der Waals surface area contributed by atoms with Gasteiger partial charge in [-0.3, -0.25) is 14.5 Å². The zero-order chi connectivity index (χ0) is 22.6. The van der Waals surface area contributed by atoms with Crippen molar-refractivity contribution >= 4 is 17.3 Å². The highest BCUT2D eigenvalue weighted by Gasteiger charge is 2.34. The summed E-state index contributed by atoms with van der Waals surface area (Å²) in [6, 6.07) is 27.8. The molecule has 4 heteroatoms. The lowest BCUT2D eigenvalue weighted by atomic mass is 9.85. The standard InChI is InChI=1S/C29H28N2O2/c32-28-24-17-9-8-16-23(24)27(25(29(28)33)20-31-18-10-3-11-19-31)30-26(21-12-4-1-5-13-21)22-14-6-2-7-15-22/h1-2,4-9,12-17,26,30H,3,10-11,18-20H2. The maximum absolute atomic E-state index is 13.4. The van der Waals surface area contributed by atoms with Gasteiger partial charge in [-0.2, -0.15) is 0 Å². The summed E-state index contributed by atoms with van der Waals surface area (Å²) in [6.07, 6.45) is 3.48. The molecule has 0 spiro atoms. The fourth-order valence-corrected chi connectivity index (χ4v) is 4.89. The van der Waals surface area contributed by atoms with Gasteiger partial charge in [0.1, 0.15) is 0 Å². The van der Waals surface area contributed by atoms with E-state index in [1.54, 1.807) is 6.07 Å². The molecule has 1 saturated heterocycles. The van der Waals surface area contributed by atoms with Crippen molar-refractivity contribution < 1.29 is 9.59 Å². The van der Waals surface area contributed by atoms with Gasteiger partial charge in [-0.15, -0.1) is 0 Å². The summed E-state index contributed by atoms with van der Waals surface area (Å²) in [5, 5.41) is 3.72. The van der Waals surface area contributed by atoms with Crippen LogP contribution in [0, 0.1) is 0 Å². The predicted octanol–water partition coefficient (Wildman–Crippen LogP) is 5.03. The molecule has 3 aromatic carbocycles. The first-order valence-corrected chi connectivity index (χ1v) is 11.7. The van der Waals surface area contributed by atoms with Crippen LogP contribution in [0.5, 0.6) is 0 Å². The lowest BCUT2D eigenvalue weighted by molar-refractivity contribution is -0.112. The Morgan fingerprint density at radius 2 is 1.21 bits per heavy atom. The molecule has 1 aliphatic heterocycles. The highest BCUT2D eigenvalue weighted by Crippen LogP contribution is 2.33. The van der Waals surface area contributed by atoms with Crippen LogP contribution in [0.4, 0.5) is 0 Å². The summed E-state index contributed by atoms with van der Waals surface area (Å²) >= 11 is 0. The van der Waals surface area contributed by atoms with Crippen LogP contribution in [-0.4, -0.2) is 36.1 Å². The van der Waals surface area contributed by atoms with E-state index in [2.05, 4.69) is 34.5 Å². The second kappa shape index (κ2) is 9.55. The molecule has 4 nitrogen and oxygen atoms in total. The molecule has 1 aliphatic carbocycles. The highest BCUT2D eigenvalue weighted by atomic mass is 16.2. The Morgan fingerprint density at radius 1 is 0.667 bits per heavy atom. The van der Waals surface area contributed by atoms with Gasteiger partial charge in [-0.1, -0.05) is 91.3 Å². The lowest BCUT2D eigenvalue weighted by Gasteiger charge is -2.32. The first kappa shape index (κ1) is 21.4. The van der Waals surface area contributed by atoms with Crippen molar-refractivity contribution in [2.24, 2.45) is 0 Å². The Labute approximate surface area is 194 Å². The zero-order valence-electron chi connectivity index (χ0n) is 18.7. The van der Waals surface area contributed by atoms with E-state index in [-0.39, 0.29) is 11.8 Å². The van der Waals surface area contributed by atoms with Gasteiger partial charge in [0, 0.05) is 23.2 Å². The van der Waals surface area contributed by atoms with Crippen LogP contribution in [-0.2, 0) is 4.79 Å². The fourth-order valence-electron chi connectivity index (χ4n) is 4.89. The normalized spacial score (nSPS) is 16.8. The van der Waals surface area contributed by atoms with Gasteiger partial charge < -0.3 is 5.32 Å². The number of carbonyl (C=O) groups excluding carboxylic acids is 2. The van der Waals surface area contributed by atoms with Crippen molar-refractivity contribution in [3.05, 3.63) is 113 Å². The first-order valence-electron chi connectivity index (χ1n) is 11.7. The number of rotatable bonds is 6. The second-order valence-electron chi connectivity index (χ2n) is 8.79. The van der Waals surface area contributed by atoms with Crippen molar-refractivity contribution in [3.8, 4) is 0 Å². The van der Waals surface area contributed by atoms with E-state index >= 15 is 0 Å². The summed E-state index contributed by atoms with van der Waals surface area (Å²) in [6.45, 7) is 2.42. The minimum Gasteiger partial charge on any atom is -0.373 e. The molecule has 1 fully saturated rings. The van der Waals surface area contributed by atoms with Gasteiger partial charge in [-0.25, -0.2) is 0 Å². The Bertz CT molecular complexity index is 1140. The van der Waals surface area contributed by atoms with Gasteiger partial charge in [0.15, 0.2) is 0 Å². The molecule has 5 rings (SSSR count). The van der Waals surface area contributed by atoms with Gasteiger partial charge >= 0.3 is 0 Å². The van der Waals surface area contributed by atoms with Gasteiger partial charge in [0.05, 0.1) is 11.7 Å². The summed E-state index contributed by atoms with van der Waals surface area (Å²) in [4.78, 5) is 28.7. The smallest absolute Gasteiger partial charge is 0.233 e. The number of nitrogens with one attached hydrogen (secondary N) is 1. The Balaban J connectivity index is 1.63. The van der Waals surface area contributed by atoms with Crippen molar-refractivity contribution in [1.29, 1.82) is 0 Å². The summed E-state index contributed by atoms with van der Waals surface area (Å²) in [5.41, 5.74) is 4.86. The highest BCUT2D eigenvalue weighted by molar-refractivity contribution is 6.52. The quantitative estimate of drug-likeness (QED) is 0.551. The van der Waals surface area contributed by atoms with E-state index in [1.165, 1.54) is 6.42 Å². The third-order valence-corrected chi connectivity index (χ3v) is 6.61. The minimum absolute atomic E-state index is 0.146. The van der Waals surface area contributed by atoms with Crippen molar-refractivity contribution in [2.75, 3.05) is 19.6 Å². The molecule has 2 aliphatic rings. The van der Waals surface area contributed by atoms with Crippen LogP contribution in [0.3, 0.4) is 0 Å². The molecule has 0 amide bonds.